The summed E-state index contributed by atoms with van der Waals surface area (Å²) < 4.78 is 0. The lowest BCUT2D eigenvalue weighted by Gasteiger charge is -2.23. The molecule has 0 bridgehead atoms. The van der Waals surface area contributed by atoms with Crippen molar-refractivity contribution in [2.24, 2.45) is 0 Å². The Labute approximate surface area is 102 Å². The van der Waals surface area contributed by atoms with Crippen molar-refractivity contribution in [3.63, 3.8) is 0 Å². The van der Waals surface area contributed by atoms with Gasteiger partial charge in [-0.2, -0.15) is 0 Å². The number of likely N-dealkylation sites (tertiary alicyclic amines) is 1. The molecule has 3 heteroatoms. The van der Waals surface area contributed by atoms with Crippen molar-refractivity contribution >= 4 is 5.97 Å². The molecule has 0 amide bonds. The molecule has 1 fully saturated rings. The number of carbonyl (C=O) groups is 1. The van der Waals surface area contributed by atoms with Gasteiger partial charge in [0.25, 0.3) is 0 Å². The quantitative estimate of drug-likeness (QED) is 0.869. The minimum absolute atomic E-state index is 0.363. The fourth-order valence-corrected chi connectivity index (χ4v) is 2.55. The zero-order chi connectivity index (χ0) is 12.3. The number of aromatic carboxylic acids is 1. The maximum absolute atomic E-state index is 10.7. The fourth-order valence-electron chi connectivity index (χ4n) is 2.55. The molecule has 0 aliphatic carbocycles. The van der Waals surface area contributed by atoms with Crippen molar-refractivity contribution in [3.05, 3.63) is 35.4 Å². The summed E-state index contributed by atoms with van der Waals surface area (Å²) in [5, 5.41) is 8.83. The summed E-state index contributed by atoms with van der Waals surface area (Å²) in [6.07, 6.45) is 3.78. The Morgan fingerprint density at radius 3 is 2.71 bits per heavy atom. The van der Waals surface area contributed by atoms with Crippen LogP contribution in [-0.2, 0) is 6.54 Å². The predicted octanol–water partition coefficient (Wildman–Crippen LogP) is 2.76. The molecule has 0 saturated carbocycles. The van der Waals surface area contributed by atoms with E-state index in [0.717, 1.165) is 6.54 Å². The highest BCUT2D eigenvalue weighted by molar-refractivity contribution is 5.87. The number of hydrogen-bond donors (Lipinski definition) is 1. The van der Waals surface area contributed by atoms with E-state index in [0.29, 0.717) is 11.6 Å². The largest absolute Gasteiger partial charge is 0.478 e. The average Bonchev–Trinajstić information content (AvgIpc) is 2.77. The summed E-state index contributed by atoms with van der Waals surface area (Å²) in [5.74, 6) is -0.857. The van der Waals surface area contributed by atoms with E-state index in [2.05, 4.69) is 11.8 Å². The highest BCUT2D eigenvalue weighted by atomic mass is 16.4. The zero-order valence-electron chi connectivity index (χ0n) is 10.2. The van der Waals surface area contributed by atoms with Crippen molar-refractivity contribution in [2.45, 2.75) is 38.8 Å². The SMILES string of the molecule is CCC1CCCN1Cc1ccc(C(=O)O)cc1. The summed E-state index contributed by atoms with van der Waals surface area (Å²) >= 11 is 0. The molecule has 1 saturated heterocycles. The van der Waals surface area contributed by atoms with Crippen molar-refractivity contribution in [1.29, 1.82) is 0 Å². The summed E-state index contributed by atoms with van der Waals surface area (Å²) in [7, 11) is 0. The molecule has 1 aliphatic heterocycles. The van der Waals surface area contributed by atoms with Gasteiger partial charge in [0.05, 0.1) is 5.56 Å². The van der Waals surface area contributed by atoms with Crippen LogP contribution < -0.4 is 0 Å². The van der Waals surface area contributed by atoms with Gasteiger partial charge in [-0.3, -0.25) is 4.90 Å². The predicted molar refractivity (Wildman–Crippen MR) is 67.1 cm³/mol. The van der Waals surface area contributed by atoms with Gasteiger partial charge >= 0.3 is 5.97 Å². The minimum Gasteiger partial charge on any atom is -0.478 e. The second kappa shape index (κ2) is 5.32. The average molecular weight is 233 g/mol. The fraction of sp³-hybridized carbons (Fsp3) is 0.500. The molecule has 0 radical (unpaired) electrons. The van der Waals surface area contributed by atoms with Crippen molar-refractivity contribution in [2.75, 3.05) is 6.54 Å². The van der Waals surface area contributed by atoms with E-state index in [4.69, 9.17) is 5.11 Å². The monoisotopic (exact) mass is 233 g/mol. The Morgan fingerprint density at radius 1 is 1.41 bits per heavy atom. The van der Waals surface area contributed by atoms with Crippen molar-refractivity contribution < 1.29 is 9.90 Å². The number of rotatable bonds is 4. The summed E-state index contributed by atoms with van der Waals surface area (Å²) in [5.41, 5.74) is 1.57. The molecule has 1 atom stereocenters. The Bertz CT molecular complexity index is 386. The first-order chi connectivity index (χ1) is 8.20. The summed E-state index contributed by atoms with van der Waals surface area (Å²) in [6.45, 7) is 4.34. The lowest BCUT2D eigenvalue weighted by Crippen LogP contribution is -2.28. The lowest BCUT2D eigenvalue weighted by molar-refractivity contribution is 0.0697. The van der Waals surface area contributed by atoms with E-state index in [1.807, 2.05) is 12.1 Å². The topological polar surface area (TPSA) is 40.5 Å². The number of benzene rings is 1. The molecule has 0 spiro atoms. The van der Waals surface area contributed by atoms with Crippen LogP contribution in [0.4, 0.5) is 0 Å². The van der Waals surface area contributed by atoms with Crippen LogP contribution >= 0.6 is 0 Å². The molecule has 92 valence electrons. The molecular weight excluding hydrogens is 214 g/mol. The highest BCUT2D eigenvalue weighted by Crippen LogP contribution is 2.22. The molecule has 1 aliphatic rings. The summed E-state index contributed by atoms with van der Waals surface area (Å²) in [6, 6.07) is 7.93. The third-order valence-corrected chi connectivity index (χ3v) is 3.56. The molecule has 1 N–H and O–H groups in total. The third-order valence-electron chi connectivity index (χ3n) is 3.56. The molecule has 2 rings (SSSR count). The molecule has 1 unspecified atom stereocenters. The Hall–Kier alpha value is -1.35. The van der Waals surface area contributed by atoms with E-state index < -0.39 is 5.97 Å². The zero-order valence-corrected chi connectivity index (χ0v) is 10.2. The van der Waals surface area contributed by atoms with E-state index >= 15 is 0 Å². The van der Waals surface area contributed by atoms with Gasteiger partial charge < -0.3 is 5.11 Å². The van der Waals surface area contributed by atoms with Crippen LogP contribution in [0.15, 0.2) is 24.3 Å². The van der Waals surface area contributed by atoms with Crippen LogP contribution in [0, 0.1) is 0 Å². The Morgan fingerprint density at radius 2 is 2.12 bits per heavy atom. The van der Waals surface area contributed by atoms with Crippen LogP contribution in [0.25, 0.3) is 0 Å². The first-order valence-corrected chi connectivity index (χ1v) is 6.27. The highest BCUT2D eigenvalue weighted by Gasteiger charge is 2.22. The standard InChI is InChI=1S/C14H19NO2/c1-2-13-4-3-9-15(13)10-11-5-7-12(8-6-11)14(16)17/h5-8,13H,2-4,9-10H2,1H3,(H,16,17). The molecular formula is C14H19NO2. The Balaban J connectivity index is 2.01. The van der Waals surface area contributed by atoms with Crippen LogP contribution in [-0.4, -0.2) is 28.6 Å². The number of hydrogen-bond acceptors (Lipinski definition) is 2. The van der Waals surface area contributed by atoms with Crippen molar-refractivity contribution in [3.8, 4) is 0 Å². The van der Waals surface area contributed by atoms with Crippen LogP contribution in [0.3, 0.4) is 0 Å². The first-order valence-electron chi connectivity index (χ1n) is 6.27. The smallest absolute Gasteiger partial charge is 0.335 e. The van der Waals surface area contributed by atoms with Gasteiger partial charge in [-0.05, 0) is 43.5 Å². The molecule has 3 nitrogen and oxygen atoms in total. The Kier molecular flexibility index (Phi) is 3.79. The van der Waals surface area contributed by atoms with Gasteiger partial charge in [0, 0.05) is 12.6 Å². The second-order valence-electron chi connectivity index (χ2n) is 4.68. The molecule has 1 aromatic rings. The number of nitrogens with zero attached hydrogens (tertiary/aromatic N) is 1. The van der Waals surface area contributed by atoms with Crippen LogP contribution in [0.5, 0.6) is 0 Å². The van der Waals surface area contributed by atoms with Gasteiger partial charge in [-0.1, -0.05) is 19.1 Å². The van der Waals surface area contributed by atoms with Gasteiger partial charge in [0.1, 0.15) is 0 Å². The molecule has 1 aromatic carbocycles. The van der Waals surface area contributed by atoms with Crippen LogP contribution in [0.1, 0.15) is 42.1 Å². The van der Waals surface area contributed by atoms with E-state index in [1.54, 1.807) is 12.1 Å². The van der Waals surface area contributed by atoms with Crippen LogP contribution in [0.2, 0.25) is 0 Å². The van der Waals surface area contributed by atoms with E-state index in [1.165, 1.54) is 31.4 Å². The van der Waals surface area contributed by atoms with Gasteiger partial charge in [0.2, 0.25) is 0 Å². The normalized spacial score (nSPS) is 20.6. The summed E-state index contributed by atoms with van der Waals surface area (Å²) in [4.78, 5) is 13.2. The molecule has 0 aromatic heterocycles. The number of carboxylic acids is 1. The maximum Gasteiger partial charge on any atom is 0.335 e. The third kappa shape index (κ3) is 2.86. The lowest BCUT2D eigenvalue weighted by atomic mass is 10.1. The molecule has 1 heterocycles. The van der Waals surface area contributed by atoms with E-state index in [-0.39, 0.29) is 0 Å². The van der Waals surface area contributed by atoms with Gasteiger partial charge in [-0.25, -0.2) is 4.79 Å². The van der Waals surface area contributed by atoms with Gasteiger partial charge in [0.15, 0.2) is 0 Å². The van der Waals surface area contributed by atoms with Gasteiger partial charge in [-0.15, -0.1) is 0 Å². The first kappa shape index (κ1) is 12.1. The maximum atomic E-state index is 10.7. The second-order valence-corrected chi connectivity index (χ2v) is 4.68. The van der Waals surface area contributed by atoms with E-state index in [9.17, 15) is 4.79 Å². The minimum atomic E-state index is -0.857. The number of carboxylic acid groups (broad SMARTS) is 1. The molecule has 17 heavy (non-hydrogen) atoms. The van der Waals surface area contributed by atoms with Crippen molar-refractivity contribution in [1.82, 2.24) is 4.90 Å².